The van der Waals surface area contributed by atoms with Crippen LogP contribution in [0, 0.1) is 0 Å². The van der Waals surface area contributed by atoms with Crippen molar-refractivity contribution < 1.29 is 29.0 Å². The first kappa shape index (κ1) is 24.0. The third-order valence-corrected chi connectivity index (χ3v) is 5.43. The molecule has 0 bridgehead atoms. The fourth-order valence-corrected chi connectivity index (χ4v) is 3.57. The fourth-order valence-electron chi connectivity index (χ4n) is 2.72. The number of methoxy groups -OCH3 is 1. The van der Waals surface area contributed by atoms with Crippen LogP contribution in [0.2, 0.25) is 0 Å². The summed E-state index contributed by atoms with van der Waals surface area (Å²) in [5, 5.41) is 14.0. The molecule has 0 aromatic heterocycles. The molecule has 170 valence electrons. The van der Waals surface area contributed by atoms with Crippen LogP contribution in [0.5, 0.6) is 11.5 Å². The van der Waals surface area contributed by atoms with Gasteiger partial charge < -0.3 is 19.4 Å². The number of Topliss-reactive ketones (excluding diaryl/α,β-unsaturated/α-hetero) is 1. The van der Waals surface area contributed by atoms with Gasteiger partial charge in [0.05, 0.1) is 17.7 Å². The normalized spacial score (nSPS) is 11.2. The zero-order chi connectivity index (χ0) is 23.6. The van der Waals surface area contributed by atoms with Gasteiger partial charge in [-0.25, -0.2) is 4.79 Å². The summed E-state index contributed by atoms with van der Waals surface area (Å²) >= 11 is 1.43. The number of phenolic OH excluding ortho intramolecular Hbond substituents is 1. The Balaban J connectivity index is 1.62. The Morgan fingerprint density at radius 1 is 0.939 bits per heavy atom. The Morgan fingerprint density at radius 2 is 1.64 bits per heavy atom. The van der Waals surface area contributed by atoms with Crippen molar-refractivity contribution in [2.75, 3.05) is 20.3 Å². The predicted molar refractivity (Wildman–Crippen MR) is 125 cm³/mol. The van der Waals surface area contributed by atoms with Gasteiger partial charge in [-0.05, 0) is 61.5 Å². The van der Waals surface area contributed by atoms with E-state index in [1.54, 1.807) is 43.5 Å². The number of rotatable bonds is 10. The number of oxime groups is 1. The van der Waals surface area contributed by atoms with Crippen LogP contribution in [0.3, 0.4) is 0 Å². The van der Waals surface area contributed by atoms with Crippen LogP contribution in [0.1, 0.15) is 27.6 Å². The lowest BCUT2D eigenvalue weighted by Crippen LogP contribution is -2.13. The van der Waals surface area contributed by atoms with Crippen LogP contribution >= 0.6 is 11.8 Å². The van der Waals surface area contributed by atoms with Crippen LogP contribution < -0.4 is 4.74 Å². The molecule has 0 heterocycles. The highest BCUT2D eigenvalue weighted by Gasteiger charge is 2.17. The number of nitrogens with zero attached hydrogens (tertiary/aromatic N) is 1. The van der Waals surface area contributed by atoms with E-state index >= 15 is 0 Å². The SMILES string of the molecule is COCCOc1ccc(Sc2ccc(C(=O)/C(C)=N/OC(=O)c3ccccc3)c(O)c2)cc1. The average Bonchev–Trinajstić information content (AvgIpc) is 2.84. The number of aromatic hydroxyl groups is 1. The lowest BCUT2D eigenvalue weighted by atomic mass is 10.1. The van der Waals surface area contributed by atoms with Crippen molar-refractivity contribution in [3.63, 3.8) is 0 Å². The highest BCUT2D eigenvalue weighted by atomic mass is 32.2. The second-order valence-corrected chi connectivity index (χ2v) is 7.99. The summed E-state index contributed by atoms with van der Waals surface area (Å²) in [6.45, 7) is 2.40. The van der Waals surface area contributed by atoms with Crippen LogP contribution in [-0.4, -0.2) is 42.9 Å². The van der Waals surface area contributed by atoms with Crippen molar-refractivity contribution in [1.82, 2.24) is 0 Å². The predicted octanol–water partition coefficient (Wildman–Crippen LogP) is 4.98. The number of phenols is 1. The number of ketones is 1. The number of carbonyl (C=O) groups is 2. The Kier molecular flexibility index (Phi) is 8.63. The summed E-state index contributed by atoms with van der Waals surface area (Å²) in [6, 6.07) is 20.6. The summed E-state index contributed by atoms with van der Waals surface area (Å²) in [4.78, 5) is 31.1. The van der Waals surface area contributed by atoms with Gasteiger partial charge in [0.1, 0.15) is 23.8 Å². The number of hydrogen-bond donors (Lipinski definition) is 1. The van der Waals surface area contributed by atoms with Crippen molar-refractivity contribution in [2.24, 2.45) is 5.16 Å². The second kappa shape index (κ2) is 11.8. The molecule has 0 spiro atoms. The van der Waals surface area contributed by atoms with Crippen LogP contribution in [0.25, 0.3) is 0 Å². The maximum absolute atomic E-state index is 12.6. The third-order valence-electron chi connectivity index (χ3n) is 4.43. The van der Waals surface area contributed by atoms with Gasteiger partial charge in [-0.1, -0.05) is 35.1 Å². The van der Waals surface area contributed by atoms with Crippen molar-refractivity contribution in [1.29, 1.82) is 0 Å². The number of hydrogen-bond acceptors (Lipinski definition) is 8. The standard InChI is InChI=1S/C25H23NO6S/c1-17(26-32-25(29)18-6-4-3-5-7-18)24(28)22-13-12-21(16-23(22)27)33-20-10-8-19(9-11-20)31-15-14-30-2/h3-13,16,27H,14-15H2,1-2H3/b26-17+. The Morgan fingerprint density at radius 3 is 2.30 bits per heavy atom. The Labute approximate surface area is 196 Å². The number of carbonyl (C=O) groups excluding carboxylic acids is 2. The molecule has 0 saturated heterocycles. The smallest absolute Gasteiger partial charge is 0.365 e. The topological polar surface area (TPSA) is 94.4 Å². The zero-order valence-electron chi connectivity index (χ0n) is 18.2. The summed E-state index contributed by atoms with van der Waals surface area (Å²) in [7, 11) is 1.62. The summed E-state index contributed by atoms with van der Waals surface area (Å²) < 4.78 is 10.5. The highest BCUT2D eigenvalue weighted by molar-refractivity contribution is 7.99. The first-order valence-corrected chi connectivity index (χ1v) is 10.9. The van der Waals surface area contributed by atoms with Crippen LogP contribution in [-0.2, 0) is 9.57 Å². The molecule has 0 radical (unpaired) electrons. The van der Waals surface area contributed by atoms with E-state index in [0.717, 1.165) is 15.5 Å². The van der Waals surface area contributed by atoms with Gasteiger partial charge in [0, 0.05) is 16.9 Å². The molecule has 3 aromatic rings. The van der Waals surface area contributed by atoms with Gasteiger partial charge in [0.25, 0.3) is 0 Å². The van der Waals surface area contributed by atoms with E-state index < -0.39 is 11.8 Å². The van der Waals surface area contributed by atoms with Crippen molar-refractivity contribution in [2.45, 2.75) is 16.7 Å². The maximum Gasteiger partial charge on any atom is 0.365 e. The third kappa shape index (κ3) is 6.93. The van der Waals surface area contributed by atoms with Crippen molar-refractivity contribution in [3.05, 3.63) is 83.9 Å². The second-order valence-electron chi connectivity index (χ2n) is 6.84. The number of ether oxygens (including phenoxy) is 2. The molecule has 0 fully saturated rings. The highest BCUT2D eigenvalue weighted by Crippen LogP contribution is 2.32. The van der Waals surface area contributed by atoms with Crippen LogP contribution in [0.4, 0.5) is 0 Å². The molecule has 0 atom stereocenters. The summed E-state index contributed by atoms with van der Waals surface area (Å²) in [5.74, 6) is -0.660. The van der Waals surface area contributed by atoms with Gasteiger partial charge in [-0.2, -0.15) is 0 Å². The van der Waals surface area contributed by atoms with Crippen molar-refractivity contribution in [3.8, 4) is 11.5 Å². The van der Waals surface area contributed by atoms with E-state index in [1.165, 1.54) is 30.8 Å². The first-order valence-electron chi connectivity index (χ1n) is 10.1. The average molecular weight is 466 g/mol. The molecule has 0 amide bonds. The molecule has 0 saturated carbocycles. The van der Waals surface area contributed by atoms with E-state index in [2.05, 4.69) is 5.16 Å². The molecule has 0 aliphatic rings. The molecule has 3 rings (SSSR count). The quantitative estimate of drug-likeness (QED) is 0.148. The number of benzene rings is 3. The minimum atomic E-state index is -0.672. The molecular formula is C25H23NO6S. The minimum Gasteiger partial charge on any atom is -0.507 e. The lowest BCUT2D eigenvalue weighted by molar-refractivity contribution is 0.0515. The molecule has 1 N–H and O–H groups in total. The molecule has 8 heteroatoms. The molecule has 7 nitrogen and oxygen atoms in total. The van der Waals surface area contributed by atoms with Gasteiger partial charge in [0.2, 0.25) is 5.78 Å². The van der Waals surface area contributed by atoms with Gasteiger partial charge in [-0.15, -0.1) is 0 Å². The van der Waals surface area contributed by atoms with E-state index in [0.29, 0.717) is 18.8 Å². The first-order chi connectivity index (χ1) is 16.0. The van der Waals surface area contributed by atoms with Crippen molar-refractivity contribution >= 4 is 29.2 Å². The molecular weight excluding hydrogens is 442 g/mol. The molecule has 3 aromatic carbocycles. The van der Waals surface area contributed by atoms with Gasteiger partial charge >= 0.3 is 5.97 Å². The van der Waals surface area contributed by atoms with Gasteiger partial charge in [-0.3, -0.25) is 4.79 Å². The largest absolute Gasteiger partial charge is 0.507 e. The monoisotopic (exact) mass is 465 g/mol. The molecule has 0 aliphatic carbocycles. The van der Waals surface area contributed by atoms with Crippen LogP contribution in [0.15, 0.2) is 87.7 Å². The van der Waals surface area contributed by atoms with E-state index in [1.807, 2.05) is 24.3 Å². The molecule has 33 heavy (non-hydrogen) atoms. The zero-order valence-corrected chi connectivity index (χ0v) is 19.0. The lowest BCUT2D eigenvalue weighted by Gasteiger charge is -2.08. The molecule has 0 aliphatic heterocycles. The van der Waals surface area contributed by atoms with Gasteiger partial charge in [0.15, 0.2) is 0 Å². The Bertz CT molecular complexity index is 1130. The Hall–Kier alpha value is -3.62. The molecule has 0 unspecified atom stereocenters. The van der Waals surface area contributed by atoms with E-state index in [-0.39, 0.29) is 17.0 Å². The minimum absolute atomic E-state index is 0.0564. The van der Waals surface area contributed by atoms with E-state index in [4.69, 9.17) is 14.3 Å². The maximum atomic E-state index is 12.6. The summed E-state index contributed by atoms with van der Waals surface area (Å²) in [6.07, 6.45) is 0. The summed E-state index contributed by atoms with van der Waals surface area (Å²) in [5.41, 5.74) is 0.331. The van der Waals surface area contributed by atoms with E-state index in [9.17, 15) is 14.7 Å². The fraction of sp³-hybridized carbons (Fsp3) is 0.160.